The van der Waals surface area contributed by atoms with Crippen LogP contribution in [0.4, 0.5) is 0 Å². The highest BCUT2D eigenvalue weighted by molar-refractivity contribution is 5.56. The zero-order valence-electron chi connectivity index (χ0n) is 9.21. The Morgan fingerprint density at radius 2 is 2.44 bits per heavy atom. The first-order valence-electron chi connectivity index (χ1n) is 5.56. The molecule has 0 fully saturated rings. The Labute approximate surface area is 95.1 Å². The second kappa shape index (κ2) is 5.09. The first-order valence-corrected chi connectivity index (χ1v) is 5.56. The topological polar surface area (TPSA) is 64.1 Å². The van der Waals surface area contributed by atoms with Gasteiger partial charge in [0.05, 0.1) is 18.5 Å². The van der Waals surface area contributed by atoms with E-state index in [1.165, 1.54) is 0 Å². The van der Waals surface area contributed by atoms with E-state index < -0.39 is 0 Å². The van der Waals surface area contributed by atoms with Gasteiger partial charge in [-0.25, -0.2) is 4.68 Å². The molecule has 0 saturated heterocycles. The van der Waals surface area contributed by atoms with Crippen LogP contribution in [-0.2, 0) is 6.61 Å². The van der Waals surface area contributed by atoms with E-state index in [9.17, 15) is 0 Å². The van der Waals surface area contributed by atoms with E-state index in [0.29, 0.717) is 12.5 Å². The van der Waals surface area contributed by atoms with Crippen LogP contribution in [0.3, 0.4) is 0 Å². The molecule has 4 heteroatoms. The predicted octanol–water partition coefficient (Wildman–Crippen LogP) is 1.14. The average molecular weight is 219 g/mol. The molecule has 1 atom stereocenters. The molecule has 0 bridgehead atoms. The van der Waals surface area contributed by atoms with E-state index in [0.717, 1.165) is 24.1 Å². The Morgan fingerprint density at radius 1 is 1.56 bits per heavy atom. The van der Waals surface area contributed by atoms with Crippen molar-refractivity contribution in [3.8, 4) is 0 Å². The molecule has 0 aliphatic heterocycles. The summed E-state index contributed by atoms with van der Waals surface area (Å²) in [5.41, 5.74) is 7.53. The summed E-state index contributed by atoms with van der Waals surface area (Å²) in [7, 11) is 0. The third-order valence-corrected chi connectivity index (χ3v) is 2.82. The summed E-state index contributed by atoms with van der Waals surface area (Å²) >= 11 is 0. The molecule has 86 valence electrons. The number of aliphatic hydroxyl groups is 1. The van der Waals surface area contributed by atoms with Crippen LogP contribution in [0, 0.1) is 5.92 Å². The van der Waals surface area contributed by atoms with Gasteiger partial charge in [0, 0.05) is 11.8 Å². The second-order valence-corrected chi connectivity index (χ2v) is 4.01. The third-order valence-electron chi connectivity index (χ3n) is 2.82. The quantitative estimate of drug-likeness (QED) is 0.801. The Kier molecular flexibility index (Phi) is 3.54. The van der Waals surface area contributed by atoms with E-state index in [1.54, 1.807) is 10.9 Å². The highest BCUT2D eigenvalue weighted by Gasteiger charge is 2.07. The number of hydrogen-bond donors (Lipinski definition) is 2. The van der Waals surface area contributed by atoms with E-state index in [-0.39, 0.29) is 6.61 Å². The van der Waals surface area contributed by atoms with Crippen LogP contribution in [0.15, 0.2) is 30.6 Å². The van der Waals surface area contributed by atoms with Crippen molar-refractivity contribution >= 4 is 5.70 Å². The van der Waals surface area contributed by atoms with Gasteiger partial charge in [-0.3, -0.25) is 0 Å². The minimum atomic E-state index is 0.0302. The summed E-state index contributed by atoms with van der Waals surface area (Å²) in [5, 5.41) is 13.2. The van der Waals surface area contributed by atoms with Crippen molar-refractivity contribution in [1.29, 1.82) is 0 Å². The lowest BCUT2D eigenvalue weighted by atomic mass is 10.1. The van der Waals surface area contributed by atoms with Crippen molar-refractivity contribution in [2.75, 3.05) is 6.54 Å². The van der Waals surface area contributed by atoms with Gasteiger partial charge in [-0.05, 0) is 31.4 Å². The Balaban J connectivity index is 2.17. The highest BCUT2D eigenvalue weighted by atomic mass is 16.3. The van der Waals surface area contributed by atoms with Gasteiger partial charge in [0.15, 0.2) is 0 Å². The molecule has 1 heterocycles. The Hall–Kier alpha value is -1.39. The van der Waals surface area contributed by atoms with Gasteiger partial charge in [0.2, 0.25) is 0 Å². The molecular weight excluding hydrogens is 202 g/mol. The zero-order valence-corrected chi connectivity index (χ0v) is 9.21. The van der Waals surface area contributed by atoms with Crippen LogP contribution in [0.2, 0.25) is 0 Å². The smallest absolute Gasteiger partial charge is 0.0712 e. The molecule has 0 saturated carbocycles. The second-order valence-electron chi connectivity index (χ2n) is 4.01. The van der Waals surface area contributed by atoms with Crippen LogP contribution in [0.5, 0.6) is 0 Å². The number of rotatable bonds is 3. The molecule has 1 aromatic heterocycles. The number of hydrogen-bond acceptors (Lipinski definition) is 3. The highest BCUT2D eigenvalue weighted by Crippen LogP contribution is 2.18. The van der Waals surface area contributed by atoms with Crippen LogP contribution in [0.25, 0.3) is 5.70 Å². The SMILES string of the molecule is NCC1C=CC(n2cc(CO)cn2)=CCC1. The summed E-state index contributed by atoms with van der Waals surface area (Å²) < 4.78 is 1.79. The van der Waals surface area contributed by atoms with E-state index in [1.807, 2.05) is 6.20 Å². The van der Waals surface area contributed by atoms with Crippen molar-refractivity contribution < 1.29 is 5.11 Å². The number of aromatic nitrogens is 2. The van der Waals surface area contributed by atoms with Gasteiger partial charge >= 0.3 is 0 Å². The molecule has 0 radical (unpaired) electrons. The molecule has 0 aromatic carbocycles. The maximum atomic E-state index is 8.98. The maximum Gasteiger partial charge on any atom is 0.0712 e. The first-order chi connectivity index (χ1) is 7.83. The molecule has 0 spiro atoms. The average Bonchev–Trinajstić information content (AvgIpc) is 2.67. The normalized spacial score (nSPS) is 20.6. The van der Waals surface area contributed by atoms with Crippen molar-refractivity contribution in [2.24, 2.45) is 11.7 Å². The summed E-state index contributed by atoms with van der Waals surface area (Å²) in [5.74, 6) is 0.460. The maximum absolute atomic E-state index is 8.98. The summed E-state index contributed by atoms with van der Waals surface area (Å²) in [6, 6.07) is 0. The van der Waals surface area contributed by atoms with Gasteiger partial charge in [0.1, 0.15) is 0 Å². The number of allylic oxidation sites excluding steroid dienone is 3. The molecule has 0 amide bonds. The molecule has 4 nitrogen and oxygen atoms in total. The monoisotopic (exact) mass is 219 g/mol. The molecular formula is C12H17N3O. The molecule has 1 aliphatic rings. The Bertz CT molecular complexity index is 406. The van der Waals surface area contributed by atoms with Crippen molar-refractivity contribution in [2.45, 2.75) is 19.4 Å². The lowest BCUT2D eigenvalue weighted by Gasteiger charge is -2.04. The minimum absolute atomic E-state index is 0.0302. The largest absolute Gasteiger partial charge is 0.392 e. The summed E-state index contributed by atoms with van der Waals surface area (Å²) in [4.78, 5) is 0. The van der Waals surface area contributed by atoms with Crippen LogP contribution >= 0.6 is 0 Å². The Morgan fingerprint density at radius 3 is 3.12 bits per heavy atom. The molecule has 3 N–H and O–H groups in total. The number of nitrogens with zero attached hydrogens (tertiary/aromatic N) is 2. The standard InChI is InChI=1S/C12H17N3O/c13-6-10-2-1-3-12(5-4-10)15-8-11(9-16)7-14-15/h3-5,7-8,10,16H,1-2,6,9,13H2. The molecule has 1 aliphatic carbocycles. The first kappa shape index (κ1) is 11.1. The van der Waals surface area contributed by atoms with Crippen molar-refractivity contribution in [3.05, 3.63) is 36.2 Å². The number of nitrogens with two attached hydrogens (primary N) is 1. The lowest BCUT2D eigenvalue weighted by molar-refractivity contribution is 0.282. The number of aliphatic hydroxyl groups excluding tert-OH is 1. The molecule has 1 aromatic rings. The van der Waals surface area contributed by atoms with Crippen LogP contribution in [-0.4, -0.2) is 21.4 Å². The van der Waals surface area contributed by atoms with E-state index in [2.05, 4.69) is 23.3 Å². The van der Waals surface area contributed by atoms with Gasteiger partial charge in [0.25, 0.3) is 0 Å². The summed E-state index contributed by atoms with van der Waals surface area (Å²) in [6.45, 7) is 0.723. The molecule has 16 heavy (non-hydrogen) atoms. The fourth-order valence-electron chi connectivity index (χ4n) is 1.79. The summed E-state index contributed by atoms with van der Waals surface area (Å²) in [6.07, 6.45) is 12.0. The van der Waals surface area contributed by atoms with E-state index in [4.69, 9.17) is 10.8 Å². The zero-order chi connectivity index (χ0) is 11.4. The van der Waals surface area contributed by atoms with Crippen LogP contribution < -0.4 is 5.73 Å². The fourth-order valence-corrected chi connectivity index (χ4v) is 1.79. The molecule has 1 unspecified atom stereocenters. The fraction of sp³-hybridized carbons (Fsp3) is 0.417. The van der Waals surface area contributed by atoms with Crippen LogP contribution in [0.1, 0.15) is 18.4 Å². The predicted molar refractivity (Wildman–Crippen MR) is 63.3 cm³/mol. The third kappa shape index (κ3) is 2.40. The van der Waals surface area contributed by atoms with Crippen molar-refractivity contribution in [1.82, 2.24) is 9.78 Å². The van der Waals surface area contributed by atoms with Gasteiger partial charge in [-0.15, -0.1) is 0 Å². The lowest BCUT2D eigenvalue weighted by Crippen LogP contribution is -2.10. The van der Waals surface area contributed by atoms with Gasteiger partial charge < -0.3 is 10.8 Å². The van der Waals surface area contributed by atoms with Crippen molar-refractivity contribution in [3.63, 3.8) is 0 Å². The molecule has 2 rings (SSSR count). The van der Waals surface area contributed by atoms with Gasteiger partial charge in [-0.1, -0.05) is 12.2 Å². The van der Waals surface area contributed by atoms with E-state index >= 15 is 0 Å². The van der Waals surface area contributed by atoms with Gasteiger partial charge in [-0.2, -0.15) is 5.10 Å². The minimum Gasteiger partial charge on any atom is -0.392 e.